The van der Waals surface area contributed by atoms with Crippen molar-refractivity contribution in [1.82, 2.24) is 19.6 Å². The van der Waals surface area contributed by atoms with Crippen LogP contribution in [0.3, 0.4) is 0 Å². The van der Waals surface area contributed by atoms with Crippen molar-refractivity contribution in [2.45, 2.75) is 51.2 Å². The number of carbonyl (C=O) groups excluding carboxylic acids is 2. The van der Waals surface area contributed by atoms with Crippen molar-refractivity contribution in [1.29, 1.82) is 0 Å². The maximum Gasteiger partial charge on any atom is 0.257 e. The van der Waals surface area contributed by atoms with Gasteiger partial charge in [0.15, 0.2) is 0 Å². The molecule has 2 fully saturated rings. The van der Waals surface area contributed by atoms with Crippen molar-refractivity contribution in [3.05, 3.63) is 18.0 Å². The van der Waals surface area contributed by atoms with E-state index in [4.69, 9.17) is 4.74 Å². The molecule has 1 aromatic rings. The average Bonchev–Trinajstić information content (AvgIpc) is 3.02. The highest BCUT2D eigenvalue weighted by Crippen LogP contribution is 2.37. The van der Waals surface area contributed by atoms with Crippen LogP contribution in [-0.4, -0.2) is 69.3 Å². The SMILES string of the molecule is CCN(C(C)=O)[C@H]1CCOC2(CCN(C(=O)c3cnn(C)c3)CC2)C1. The minimum absolute atomic E-state index is 0.0363. The van der Waals surface area contributed by atoms with E-state index in [0.29, 0.717) is 25.3 Å². The molecule has 1 atom stereocenters. The molecule has 0 unspecified atom stereocenters. The molecule has 1 aromatic heterocycles. The van der Waals surface area contributed by atoms with E-state index in [1.807, 2.05) is 23.8 Å². The molecule has 1 spiro atoms. The summed E-state index contributed by atoms with van der Waals surface area (Å²) in [6, 6.07) is 0.247. The van der Waals surface area contributed by atoms with Gasteiger partial charge in [0.2, 0.25) is 5.91 Å². The van der Waals surface area contributed by atoms with Gasteiger partial charge in [-0.3, -0.25) is 14.3 Å². The first-order valence-electron chi connectivity index (χ1n) is 9.13. The van der Waals surface area contributed by atoms with E-state index in [2.05, 4.69) is 5.10 Å². The highest BCUT2D eigenvalue weighted by atomic mass is 16.5. The topological polar surface area (TPSA) is 67.7 Å². The summed E-state index contributed by atoms with van der Waals surface area (Å²) in [5, 5.41) is 4.08. The Hall–Kier alpha value is -1.89. The lowest BCUT2D eigenvalue weighted by atomic mass is 9.81. The second-order valence-corrected chi connectivity index (χ2v) is 7.18. The first kappa shape index (κ1) is 17.9. The standard InChI is InChI=1S/C18H28N4O3/c1-4-22(14(2)23)16-5-10-25-18(11-16)6-8-21(9-7-18)17(24)15-12-19-20(3)13-15/h12-13,16H,4-11H2,1-3H3/t16-/m0/s1. The maximum absolute atomic E-state index is 12.6. The average molecular weight is 348 g/mol. The molecule has 0 N–H and O–H groups in total. The summed E-state index contributed by atoms with van der Waals surface area (Å²) in [6.07, 6.45) is 6.79. The molecule has 3 rings (SSSR count). The van der Waals surface area contributed by atoms with Gasteiger partial charge in [0.1, 0.15) is 0 Å². The highest BCUT2D eigenvalue weighted by Gasteiger charge is 2.42. The van der Waals surface area contributed by atoms with Crippen LogP contribution < -0.4 is 0 Å². The van der Waals surface area contributed by atoms with Crippen LogP contribution in [0.2, 0.25) is 0 Å². The molecule has 0 aromatic carbocycles. The van der Waals surface area contributed by atoms with Gasteiger partial charge in [0.05, 0.1) is 17.4 Å². The number of nitrogens with zero attached hydrogens (tertiary/aromatic N) is 4. The molecule has 7 nitrogen and oxygen atoms in total. The van der Waals surface area contributed by atoms with Crippen molar-refractivity contribution < 1.29 is 14.3 Å². The number of rotatable bonds is 3. The molecule has 3 heterocycles. The number of ether oxygens (including phenoxy) is 1. The molecule has 25 heavy (non-hydrogen) atoms. The number of aromatic nitrogens is 2. The molecule has 2 amide bonds. The Morgan fingerprint density at radius 2 is 2.12 bits per heavy atom. The van der Waals surface area contributed by atoms with Crippen LogP contribution >= 0.6 is 0 Å². The molecular formula is C18H28N4O3. The fourth-order valence-corrected chi connectivity index (χ4v) is 4.19. The Morgan fingerprint density at radius 1 is 1.40 bits per heavy atom. The highest BCUT2D eigenvalue weighted by molar-refractivity contribution is 5.93. The van der Waals surface area contributed by atoms with E-state index in [0.717, 1.165) is 32.2 Å². The van der Waals surface area contributed by atoms with Gasteiger partial charge < -0.3 is 14.5 Å². The van der Waals surface area contributed by atoms with E-state index < -0.39 is 0 Å². The largest absolute Gasteiger partial charge is 0.375 e. The molecule has 2 aliphatic rings. The van der Waals surface area contributed by atoms with E-state index >= 15 is 0 Å². The first-order chi connectivity index (χ1) is 11.9. The van der Waals surface area contributed by atoms with E-state index in [-0.39, 0.29) is 23.5 Å². The third-order valence-electron chi connectivity index (χ3n) is 5.57. The predicted octanol–water partition coefficient (Wildman–Crippen LogP) is 1.44. The Kier molecular flexibility index (Phi) is 5.13. The van der Waals surface area contributed by atoms with Crippen LogP contribution in [-0.2, 0) is 16.6 Å². The minimum atomic E-state index is -0.197. The fourth-order valence-electron chi connectivity index (χ4n) is 4.19. The van der Waals surface area contributed by atoms with Gasteiger partial charge in [-0.15, -0.1) is 0 Å². The van der Waals surface area contributed by atoms with Crippen LogP contribution in [0, 0.1) is 0 Å². The quantitative estimate of drug-likeness (QED) is 0.829. The van der Waals surface area contributed by atoms with Gasteiger partial charge in [-0.05, 0) is 32.6 Å². The van der Waals surface area contributed by atoms with E-state index in [9.17, 15) is 9.59 Å². The summed E-state index contributed by atoms with van der Waals surface area (Å²) >= 11 is 0. The Labute approximate surface area is 148 Å². The summed E-state index contributed by atoms with van der Waals surface area (Å²) in [5.41, 5.74) is 0.437. The monoisotopic (exact) mass is 348 g/mol. The predicted molar refractivity (Wildman–Crippen MR) is 93.1 cm³/mol. The van der Waals surface area contributed by atoms with Crippen LogP contribution in [0.5, 0.6) is 0 Å². The van der Waals surface area contributed by atoms with Crippen molar-refractivity contribution in [3.63, 3.8) is 0 Å². The van der Waals surface area contributed by atoms with Gasteiger partial charge >= 0.3 is 0 Å². The smallest absolute Gasteiger partial charge is 0.257 e. The van der Waals surface area contributed by atoms with Crippen LogP contribution in [0.4, 0.5) is 0 Å². The second kappa shape index (κ2) is 7.15. The number of hydrogen-bond donors (Lipinski definition) is 0. The molecule has 0 bridgehead atoms. The number of hydrogen-bond acceptors (Lipinski definition) is 4. The van der Waals surface area contributed by atoms with Crippen LogP contribution in [0.25, 0.3) is 0 Å². The van der Waals surface area contributed by atoms with Crippen molar-refractivity contribution in [3.8, 4) is 0 Å². The molecule has 2 aliphatic heterocycles. The normalized spacial score (nSPS) is 22.8. The molecular weight excluding hydrogens is 320 g/mol. The molecule has 0 aliphatic carbocycles. The lowest BCUT2D eigenvalue weighted by Gasteiger charge is -2.48. The van der Waals surface area contributed by atoms with Crippen LogP contribution in [0.15, 0.2) is 12.4 Å². The van der Waals surface area contributed by atoms with Gasteiger partial charge in [-0.25, -0.2) is 0 Å². The van der Waals surface area contributed by atoms with Gasteiger partial charge in [-0.1, -0.05) is 0 Å². The lowest BCUT2D eigenvalue weighted by molar-refractivity contribution is -0.147. The van der Waals surface area contributed by atoms with E-state index in [1.165, 1.54) is 0 Å². The summed E-state index contributed by atoms with van der Waals surface area (Å²) in [4.78, 5) is 28.3. The van der Waals surface area contributed by atoms with Gasteiger partial charge in [-0.2, -0.15) is 5.10 Å². The first-order valence-corrected chi connectivity index (χ1v) is 9.13. The summed E-state index contributed by atoms with van der Waals surface area (Å²) in [7, 11) is 1.81. The maximum atomic E-state index is 12.6. The second-order valence-electron chi connectivity index (χ2n) is 7.18. The van der Waals surface area contributed by atoms with Gasteiger partial charge in [0, 0.05) is 52.5 Å². The summed E-state index contributed by atoms with van der Waals surface area (Å²) < 4.78 is 7.80. The molecule has 0 saturated carbocycles. The zero-order valence-corrected chi connectivity index (χ0v) is 15.4. The summed E-state index contributed by atoms with van der Waals surface area (Å²) in [5.74, 6) is 0.169. The van der Waals surface area contributed by atoms with Crippen LogP contribution in [0.1, 0.15) is 49.9 Å². The third kappa shape index (κ3) is 3.71. The van der Waals surface area contributed by atoms with Gasteiger partial charge in [0.25, 0.3) is 5.91 Å². The summed E-state index contributed by atoms with van der Waals surface area (Å²) in [6.45, 7) is 6.46. The molecule has 0 radical (unpaired) electrons. The Morgan fingerprint density at radius 3 is 2.68 bits per heavy atom. The zero-order valence-electron chi connectivity index (χ0n) is 15.4. The number of amides is 2. The molecule has 138 valence electrons. The van der Waals surface area contributed by atoms with Crippen molar-refractivity contribution >= 4 is 11.8 Å². The third-order valence-corrected chi connectivity index (χ3v) is 5.57. The molecule has 7 heteroatoms. The Balaban J connectivity index is 1.62. The fraction of sp³-hybridized carbons (Fsp3) is 0.722. The Bertz CT molecular complexity index is 634. The lowest BCUT2D eigenvalue weighted by Crippen LogP contribution is -2.55. The van der Waals surface area contributed by atoms with E-state index in [1.54, 1.807) is 24.0 Å². The number of aryl methyl sites for hydroxylation is 1. The number of carbonyl (C=O) groups is 2. The minimum Gasteiger partial charge on any atom is -0.375 e. The number of likely N-dealkylation sites (tertiary alicyclic amines) is 1. The van der Waals surface area contributed by atoms with Crippen molar-refractivity contribution in [2.24, 2.45) is 7.05 Å². The zero-order chi connectivity index (χ0) is 18.0. The van der Waals surface area contributed by atoms with Crippen molar-refractivity contribution in [2.75, 3.05) is 26.2 Å². The number of piperidine rings is 1. The molecule has 2 saturated heterocycles.